The van der Waals surface area contributed by atoms with E-state index in [1.54, 1.807) is 0 Å². The largest absolute Gasteiger partial charge is 0.486 e. The van der Waals surface area contributed by atoms with Gasteiger partial charge >= 0.3 is 0 Å². The van der Waals surface area contributed by atoms with Crippen LogP contribution in [0, 0.1) is 19.1 Å². The first-order valence-electron chi connectivity index (χ1n) is 21.5. The summed E-state index contributed by atoms with van der Waals surface area (Å²) in [5.74, 6) is 1.40. The molecule has 4 heterocycles. The SMILES string of the molecule is CC(C)(C)c1c[c-]c(-c2ccc([Si](C)(C)C)cn2)cc1.Cc1ccc2c(n1)oc1c(-c3nc4ccccc4n3-c3c(C(C)C)cc(-c4ccccc4)cc3C(C)C)[c-]ccc12.[Ir]. The van der Waals surface area contributed by atoms with E-state index in [1.165, 1.54) is 38.7 Å². The summed E-state index contributed by atoms with van der Waals surface area (Å²) in [5, 5.41) is 3.42. The zero-order valence-electron chi connectivity index (χ0n) is 37.8. The quantitative estimate of drug-likeness (QED) is 0.118. The van der Waals surface area contributed by atoms with Gasteiger partial charge in [-0.25, -0.2) is 4.98 Å². The Balaban J connectivity index is 0.000000233. The predicted molar refractivity (Wildman–Crippen MR) is 259 cm³/mol. The van der Waals surface area contributed by atoms with Gasteiger partial charge in [-0.05, 0) is 93.7 Å². The van der Waals surface area contributed by atoms with Crippen LogP contribution in [0.2, 0.25) is 19.6 Å². The fourth-order valence-corrected chi connectivity index (χ4v) is 9.00. The predicted octanol–water partition coefficient (Wildman–Crippen LogP) is 14.4. The van der Waals surface area contributed by atoms with Gasteiger partial charge in [-0.15, -0.1) is 53.6 Å². The Bertz CT molecular complexity index is 2900. The van der Waals surface area contributed by atoms with Gasteiger partial charge in [0.25, 0.3) is 0 Å². The molecule has 0 aliphatic heterocycles. The second kappa shape index (κ2) is 17.7. The molecule has 9 aromatic rings. The molecule has 0 bridgehead atoms. The molecule has 0 atom stereocenters. The number of imidazole rings is 1. The molecule has 317 valence electrons. The summed E-state index contributed by atoms with van der Waals surface area (Å²) in [7, 11) is -1.26. The number of pyridine rings is 2. The van der Waals surface area contributed by atoms with Crippen molar-refractivity contribution in [2.75, 3.05) is 0 Å². The summed E-state index contributed by atoms with van der Waals surface area (Å²) >= 11 is 0. The summed E-state index contributed by atoms with van der Waals surface area (Å²) in [6, 6.07) is 49.5. The van der Waals surface area contributed by atoms with E-state index in [0.29, 0.717) is 17.5 Å². The van der Waals surface area contributed by atoms with E-state index in [0.717, 1.165) is 55.7 Å². The van der Waals surface area contributed by atoms with Crippen molar-refractivity contribution < 1.29 is 24.5 Å². The molecule has 4 aromatic heterocycles. The third kappa shape index (κ3) is 8.90. The Morgan fingerprint density at radius 3 is 2.02 bits per heavy atom. The molecule has 0 saturated heterocycles. The second-order valence-electron chi connectivity index (χ2n) is 18.9. The average molecular weight is 1010 g/mol. The zero-order chi connectivity index (χ0) is 43.2. The summed E-state index contributed by atoms with van der Waals surface area (Å²) in [4.78, 5) is 14.5. The monoisotopic (exact) mass is 1010 g/mol. The van der Waals surface area contributed by atoms with Crippen molar-refractivity contribution in [1.29, 1.82) is 0 Å². The van der Waals surface area contributed by atoms with E-state index in [9.17, 15) is 0 Å². The molecule has 5 aromatic carbocycles. The molecule has 0 aliphatic carbocycles. The van der Waals surface area contributed by atoms with Gasteiger partial charge < -0.3 is 14.0 Å². The normalized spacial score (nSPS) is 12.0. The summed E-state index contributed by atoms with van der Waals surface area (Å²) in [5.41, 5.74) is 14.9. The number of hydrogen-bond donors (Lipinski definition) is 0. The zero-order valence-corrected chi connectivity index (χ0v) is 41.2. The van der Waals surface area contributed by atoms with E-state index in [-0.39, 0.29) is 25.5 Å². The van der Waals surface area contributed by atoms with Crippen LogP contribution in [-0.2, 0) is 25.5 Å². The molecular formula is C55H56IrN4OSi-2. The molecule has 7 heteroatoms. The average Bonchev–Trinajstić information content (AvgIpc) is 3.81. The summed E-state index contributed by atoms with van der Waals surface area (Å²) in [6.45, 7) is 24.8. The molecule has 0 amide bonds. The van der Waals surface area contributed by atoms with Crippen LogP contribution in [0.3, 0.4) is 0 Å². The van der Waals surface area contributed by atoms with Gasteiger partial charge in [0.2, 0.25) is 5.71 Å². The molecule has 62 heavy (non-hydrogen) atoms. The van der Waals surface area contributed by atoms with E-state index < -0.39 is 8.07 Å². The number of furan rings is 1. The molecule has 0 aliphatic rings. The van der Waals surface area contributed by atoms with Gasteiger partial charge in [-0.2, -0.15) is 0 Å². The molecule has 0 spiro atoms. The summed E-state index contributed by atoms with van der Waals surface area (Å²) in [6.07, 6.45) is 2.03. The van der Waals surface area contributed by atoms with E-state index in [1.807, 2.05) is 31.3 Å². The van der Waals surface area contributed by atoms with E-state index in [4.69, 9.17) is 9.40 Å². The Morgan fingerprint density at radius 1 is 0.710 bits per heavy atom. The van der Waals surface area contributed by atoms with Crippen LogP contribution in [0.4, 0.5) is 0 Å². The fraction of sp³-hybridized carbons (Fsp3) is 0.255. The number of fused-ring (bicyclic) bond motifs is 4. The van der Waals surface area contributed by atoms with Crippen molar-refractivity contribution in [3.05, 3.63) is 162 Å². The number of rotatable bonds is 7. The molecule has 0 N–H and O–H groups in total. The van der Waals surface area contributed by atoms with Crippen LogP contribution in [0.1, 0.15) is 82.7 Å². The first-order chi connectivity index (χ1) is 29.1. The van der Waals surface area contributed by atoms with Crippen LogP contribution in [0.5, 0.6) is 0 Å². The van der Waals surface area contributed by atoms with Crippen molar-refractivity contribution in [1.82, 2.24) is 19.5 Å². The maximum Gasteiger partial charge on any atom is 0.216 e. The number of nitrogens with zero attached hydrogens (tertiary/aromatic N) is 4. The molecule has 0 unspecified atom stereocenters. The van der Waals surface area contributed by atoms with Crippen LogP contribution in [0.25, 0.3) is 72.6 Å². The van der Waals surface area contributed by atoms with Crippen molar-refractivity contribution in [2.45, 2.75) is 92.3 Å². The van der Waals surface area contributed by atoms with Gasteiger partial charge in [0.15, 0.2) is 0 Å². The Hall–Kier alpha value is -5.46. The van der Waals surface area contributed by atoms with E-state index >= 15 is 0 Å². The Labute approximate surface area is 382 Å². The molecule has 0 saturated carbocycles. The van der Waals surface area contributed by atoms with Crippen LogP contribution in [-0.4, -0.2) is 27.6 Å². The number of para-hydroxylation sites is 2. The van der Waals surface area contributed by atoms with Gasteiger partial charge in [0.05, 0.1) is 30.5 Å². The van der Waals surface area contributed by atoms with Crippen molar-refractivity contribution in [3.63, 3.8) is 0 Å². The topological polar surface area (TPSA) is 56.7 Å². The maximum absolute atomic E-state index is 6.44. The first kappa shape index (κ1) is 44.6. The number of benzene rings is 5. The third-order valence-corrected chi connectivity index (χ3v) is 13.6. The standard InChI is InChI=1S/C37H32N3O.C18H24NSi.Ir/c1-22(2)30-20-26(25-12-7-6-8-13-25)21-31(23(3)4)34(30)40-33-17-10-9-16-32(33)39-36(40)29-15-11-14-27-28-19-18-24(5)38-37(28)41-35(27)29;1-18(2,3)15-9-7-14(8-10-15)17-12-11-16(13-19-17)20(4,5)6;/h6-14,16-23H,1-5H3;7,9-13H,1-6H3;/q2*-1;. The fourth-order valence-electron chi connectivity index (χ4n) is 7.96. The van der Waals surface area contributed by atoms with Crippen LogP contribution >= 0.6 is 0 Å². The minimum atomic E-state index is -1.26. The smallest absolute Gasteiger partial charge is 0.216 e. The molecule has 9 rings (SSSR count). The van der Waals surface area contributed by atoms with Gasteiger partial charge in [0.1, 0.15) is 0 Å². The molecule has 0 fully saturated rings. The van der Waals surface area contributed by atoms with Gasteiger partial charge in [-0.3, -0.25) is 4.98 Å². The van der Waals surface area contributed by atoms with Crippen molar-refractivity contribution >= 4 is 46.4 Å². The number of aromatic nitrogens is 4. The maximum atomic E-state index is 6.44. The Kier molecular flexibility index (Phi) is 12.7. The van der Waals surface area contributed by atoms with Gasteiger partial charge in [0, 0.05) is 43.1 Å². The minimum Gasteiger partial charge on any atom is -0.486 e. The molecular weight excluding hydrogens is 953 g/mol. The number of aryl methyl sites for hydroxylation is 1. The molecule has 5 nitrogen and oxygen atoms in total. The minimum absolute atomic E-state index is 0. The van der Waals surface area contributed by atoms with E-state index in [2.05, 4.69) is 198 Å². The first-order valence-corrected chi connectivity index (χ1v) is 25.0. The van der Waals surface area contributed by atoms with Gasteiger partial charge in [-0.1, -0.05) is 134 Å². The van der Waals surface area contributed by atoms with Crippen LogP contribution < -0.4 is 5.19 Å². The number of hydrogen-bond acceptors (Lipinski definition) is 4. The Morgan fingerprint density at radius 2 is 1.40 bits per heavy atom. The summed E-state index contributed by atoms with van der Waals surface area (Å²) < 4.78 is 8.78. The van der Waals surface area contributed by atoms with Crippen LogP contribution in [0.15, 0.2) is 132 Å². The molecule has 1 radical (unpaired) electrons. The third-order valence-electron chi connectivity index (χ3n) is 11.6. The van der Waals surface area contributed by atoms with Crippen molar-refractivity contribution in [3.8, 4) is 39.5 Å². The second-order valence-corrected chi connectivity index (χ2v) is 23.9. The van der Waals surface area contributed by atoms with Crippen molar-refractivity contribution in [2.24, 2.45) is 0 Å².